The Bertz CT molecular complexity index is 1300. The molecule has 0 bridgehead atoms. The van der Waals surface area contributed by atoms with E-state index in [1.165, 1.54) is 66.7 Å². The van der Waals surface area contributed by atoms with Gasteiger partial charge >= 0.3 is 0 Å². The number of benzene rings is 3. The van der Waals surface area contributed by atoms with Gasteiger partial charge in [-0.15, -0.1) is 0 Å². The maximum absolute atomic E-state index is 12.8. The highest BCUT2D eigenvalue weighted by Gasteiger charge is 2.37. The van der Waals surface area contributed by atoms with Crippen LogP contribution in [0.3, 0.4) is 0 Å². The Morgan fingerprint density at radius 1 is 0.750 bits per heavy atom. The Hall–Kier alpha value is -4.93. The van der Waals surface area contributed by atoms with Crippen molar-refractivity contribution in [3.8, 4) is 0 Å². The molecule has 1 N–H and O–H groups in total. The number of amides is 3. The molecule has 11 nitrogen and oxygen atoms in total. The molecule has 0 saturated carbocycles. The lowest BCUT2D eigenvalue weighted by molar-refractivity contribution is -0.385. The summed E-state index contributed by atoms with van der Waals surface area (Å²) in [6.45, 7) is 0. The summed E-state index contributed by atoms with van der Waals surface area (Å²) in [5.41, 5.74) is 0.454. The van der Waals surface area contributed by atoms with E-state index in [-0.39, 0.29) is 39.4 Å². The van der Waals surface area contributed by atoms with Gasteiger partial charge < -0.3 is 5.32 Å². The van der Waals surface area contributed by atoms with E-state index in [4.69, 9.17) is 0 Å². The van der Waals surface area contributed by atoms with Crippen LogP contribution in [0.15, 0.2) is 66.7 Å². The largest absolute Gasteiger partial charge is 0.322 e. The summed E-state index contributed by atoms with van der Waals surface area (Å²) in [4.78, 5) is 59.2. The smallest absolute Gasteiger partial charge is 0.269 e. The van der Waals surface area contributed by atoms with E-state index < -0.39 is 27.6 Å². The molecule has 158 valence electrons. The molecule has 11 heteroatoms. The Morgan fingerprint density at radius 3 is 1.84 bits per heavy atom. The molecule has 4 rings (SSSR count). The summed E-state index contributed by atoms with van der Waals surface area (Å²) < 4.78 is 0. The molecule has 3 aromatic carbocycles. The molecule has 0 aromatic heterocycles. The Kier molecular flexibility index (Phi) is 4.91. The van der Waals surface area contributed by atoms with Crippen molar-refractivity contribution in [3.63, 3.8) is 0 Å². The topological polar surface area (TPSA) is 153 Å². The van der Waals surface area contributed by atoms with Crippen LogP contribution < -0.4 is 10.2 Å². The van der Waals surface area contributed by atoms with E-state index in [0.29, 0.717) is 0 Å². The third-order valence-electron chi connectivity index (χ3n) is 4.80. The zero-order valence-corrected chi connectivity index (χ0v) is 16.1. The maximum Gasteiger partial charge on any atom is 0.269 e. The molecule has 3 aromatic rings. The van der Waals surface area contributed by atoms with Crippen molar-refractivity contribution in [1.29, 1.82) is 0 Å². The lowest BCUT2D eigenvalue weighted by atomic mass is 10.1. The third kappa shape index (κ3) is 3.54. The van der Waals surface area contributed by atoms with E-state index in [1.807, 2.05) is 0 Å². The molecule has 1 aliphatic heterocycles. The third-order valence-corrected chi connectivity index (χ3v) is 4.80. The van der Waals surface area contributed by atoms with E-state index >= 15 is 0 Å². The van der Waals surface area contributed by atoms with E-state index in [0.717, 1.165) is 4.90 Å². The number of hydrogen-bond acceptors (Lipinski definition) is 7. The highest BCUT2D eigenvalue weighted by atomic mass is 16.6. The van der Waals surface area contributed by atoms with Crippen molar-refractivity contribution in [2.24, 2.45) is 0 Å². The van der Waals surface area contributed by atoms with Crippen LogP contribution in [0.25, 0.3) is 0 Å². The number of anilines is 2. The summed E-state index contributed by atoms with van der Waals surface area (Å²) in [7, 11) is 0. The second kappa shape index (κ2) is 7.72. The highest BCUT2D eigenvalue weighted by molar-refractivity contribution is 6.34. The number of fused-ring (bicyclic) bond motifs is 1. The molecule has 0 spiro atoms. The Morgan fingerprint density at radius 2 is 1.28 bits per heavy atom. The molecule has 0 radical (unpaired) electrons. The maximum atomic E-state index is 12.8. The van der Waals surface area contributed by atoms with Crippen LogP contribution in [-0.4, -0.2) is 27.6 Å². The molecule has 0 saturated heterocycles. The summed E-state index contributed by atoms with van der Waals surface area (Å²) in [5.74, 6) is -1.78. The van der Waals surface area contributed by atoms with E-state index in [9.17, 15) is 34.6 Å². The van der Waals surface area contributed by atoms with Gasteiger partial charge in [0.05, 0.1) is 26.7 Å². The van der Waals surface area contributed by atoms with Crippen molar-refractivity contribution in [2.75, 3.05) is 10.2 Å². The van der Waals surface area contributed by atoms with Gasteiger partial charge in [-0.25, -0.2) is 4.90 Å². The molecule has 1 aliphatic rings. The first-order chi connectivity index (χ1) is 15.3. The van der Waals surface area contributed by atoms with Crippen molar-refractivity contribution in [2.45, 2.75) is 0 Å². The number of non-ortho nitro benzene ring substituents is 2. The Balaban J connectivity index is 1.56. The molecule has 0 atom stereocenters. The predicted molar refractivity (Wildman–Crippen MR) is 112 cm³/mol. The second-order valence-electron chi connectivity index (χ2n) is 6.74. The van der Waals surface area contributed by atoms with Crippen LogP contribution in [0.1, 0.15) is 31.1 Å². The number of nitrogens with one attached hydrogen (secondary N) is 1. The highest BCUT2D eigenvalue weighted by Crippen LogP contribution is 2.31. The fourth-order valence-corrected chi connectivity index (χ4v) is 3.21. The SMILES string of the molecule is O=C(Nc1ccc2c(c1)C(=O)N(c1ccc([N+](=O)[O-])cc1)C2=O)c1ccc([N+](=O)[O-])cc1. The number of rotatable bonds is 5. The van der Waals surface area contributed by atoms with Crippen molar-refractivity contribution in [1.82, 2.24) is 0 Å². The monoisotopic (exact) mass is 432 g/mol. The molecule has 1 heterocycles. The number of imide groups is 1. The first-order valence-corrected chi connectivity index (χ1v) is 9.09. The van der Waals surface area contributed by atoms with Crippen molar-refractivity contribution < 1.29 is 24.2 Å². The molecule has 32 heavy (non-hydrogen) atoms. The second-order valence-corrected chi connectivity index (χ2v) is 6.74. The summed E-state index contributed by atoms with van der Waals surface area (Å²) in [6.07, 6.45) is 0. The van der Waals surface area contributed by atoms with E-state index in [1.54, 1.807) is 0 Å². The lowest BCUT2D eigenvalue weighted by Crippen LogP contribution is -2.29. The Labute approximate surface area is 179 Å². The van der Waals surface area contributed by atoms with Crippen LogP contribution >= 0.6 is 0 Å². The number of nitrogens with zero attached hydrogens (tertiary/aromatic N) is 3. The van der Waals surface area contributed by atoms with Gasteiger partial charge in [0, 0.05) is 35.5 Å². The van der Waals surface area contributed by atoms with Crippen LogP contribution in [0.4, 0.5) is 22.7 Å². The average Bonchev–Trinajstić information content (AvgIpc) is 3.03. The summed E-state index contributed by atoms with van der Waals surface area (Å²) in [6, 6.07) is 14.2. The number of carbonyl (C=O) groups excluding carboxylic acids is 3. The molecular weight excluding hydrogens is 420 g/mol. The molecule has 0 unspecified atom stereocenters. The van der Waals surface area contributed by atoms with Crippen LogP contribution in [0.5, 0.6) is 0 Å². The first kappa shape index (κ1) is 20.3. The molecular formula is C21H12N4O7. The number of carbonyl (C=O) groups is 3. The van der Waals surface area contributed by atoms with Crippen LogP contribution in [-0.2, 0) is 0 Å². The van der Waals surface area contributed by atoms with Gasteiger partial charge in [0.25, 0.3) is 29.1 Å². The van der Waals surface area contributed by atoms with Gasteiger partial charge in [-0.1, -0.05) is 0 Å². The number of nitro benzene ring substituents is 2. The zero-order valence-electron chi connectivity index (χ0n) is 16.1. The standard InChI is InChI=1S/C21H12N4O7/c26-19(12-1-4-15(5-2-12)24(29)30)22-13-3-10-17-18(11-13)21(28)23(20(17)27)14-6-8-16(9-7-14)25(31)32/h1-11H,(H,22,26). The molecule has 3 amide bonds. The van der Waals surface area contributed by atoms with Gasteiger partial charge in [-0.2, -0.15) is 0 Å². The zero-order chi connectivity index (χ0) is 23.0. The predicted octanol–water partition coefficient (Wildman–Crippen LogP) is 3.56. The van der Waals surface area contributed by atoms with Crippen molar-refractivity contribution >= 4 is 40.5 Å². The van der Waals surface area contributed by atoms with Gasteiger partial charge in [-0.3, -0.25) is 34.6 Å². The summed E-state index contributed by atoms with van der Waals surface area (Å²) >= 11 is 0. The lowest BCUT2D eigenvalue weighted by Gasteiger charge is -2.13. The fraction of sp³-hybridized carbons (Fsp3) is 0. The van der Waals surface area contributed by atoms with Gasteiger partial charge in [-0.05, 0) is 42.5 Å². The van der Waals surface area contributed by atoms with Crippen LogP contribution in [0, 0.1) is 20.2 Å². The minimum absolute atomic E-state index is 0.0647. The van der Waals surface area contributed by atoms with Gasteiger partial charge in [0.15, 0.2) is 0 Å². The molecule has 0 fully saturated rings. The minimum Gasteiger partial charge on any atom is -0.322 e. The fourth-order valence-electron chi connectivity index (χ4n) is 3.21. The van der Waals surface area contributed by atoms with Gasteiger partial charge in [0.2, 0.25) is 0 Å². The number of nitro groups is 2. The quantitative estimate of drug-likeness (QED) is 0.367. The van der Waals surface area contributed by atoms with Crippen molar-refractivity contribution in [3.05, 3.63) is 104 Å². The minimum atomic E-state index is -0.634. The normalized spacial score (nSPS) is 12.4. The summed E-state index contributed by atoms with van der Waals surface area (Å²) in [5, 5.41) is 24.1. The molecule has 0 aliphatic carbocycles. The first-order valence-electron chi connectivity index (χ1n) is 9.09. The van der Waals surface area contributed by atoms with Gasteiger partial charge in [0.1, 0.15) is 0 Å². The number of hydrogen-bond donors (Lipinski definition) is 1. The van der Waals surface area contributed by atoms with Crippen LogP contribution in [0.2, 0.25) is 0 Å². The average molecular weight is 432 g/mol. The van der Waals surface area contributed by atoms with E-state index in [2.05, 4.69) is 5.32 Å².